The second-order valence-corrected chi connectivity index (χ2v) is 7.65. The standard InChI is InChI=1S/C21H24N4O2S/c1-14-20(28-13-24-14)6-7-25(2)12-15-4-5-19(27-3)18(8-15)16-9-17(21(22)26)11-23-10-16/h4-5,8-11,13H,6-7,12H2,1-3H3,(H2,22,26). The first-order valence-corrected chi connectivity index (χ1v) is 9.85. The number of carbonyl (C=O) groups is 1. The van der Waals surface area contributed by atoms with Crippen molar-refractivity contribution in [2.24, 2.45) is 5.73 Å². The zero-order valence-electron chi connectivity index (χ0n) is 16.3. The van der Waals surface area contributed by atoms with E-state index in [9.17, 15) is 4.79 Å². The molecule has 7 heteroatoms. The van der Waals surface area contributed by atoms with Crippen LogP contribution in [0.4, 0.5) is 0 Å². The Morgan fingerprint density at radius 3 is 2.79 bits per heavy atom. The predicted octanol–water partition coefficient (Wildman–Crippen LogP) is 3.30. The Morgan fingerprint density at radius 1 is 1.29 bits per heavy atom. The van der Waals surface area contributed by atoms with E-state index in [-0.39, 0.29) is 0 Å². The maximum absolute atomic E-state index is 11.5. The Bertz CT molecular complexity index is 971. The molecule has 3 rings (SSSR count). The lowest BCUT2D eigenvalue weighted by Gasteiger charge is -2.18. The zero-order chi connectivity index (χ0) is 20.1. The molecule has 1 amide bonds. The molecule has 0 atom stereocenters. The van der Waals surface area contributed by atoms with Crippen LogP contribution >= 0.6 is 11.3 Å². The molecule has 1 aromatic carbocycles. The summed E-state index contributed by atoms with van der Waals surface area (Å²) in [7, 11) is 3.74. The first-order valence-electron chi connectivity index (χ1n) is 8.97. The Morgan fingerprint density at radius 2 is 2.11 bits per heavy atom. The molecule has 146 valence electrons. The Hall–Kier alpha value is -2.77. The van der Waals surface area contributed by atoms with Gasteiger partial charge in [0.1, 0.15) is 5.75 Å². The molecule has 6 nitrogen and oxygen atoms in total. The summed E-state index contributed by atoms with van der Waals surface area (Å²) in [5.74, 6) is 0.234. The van der Waals surface area contributed by atoms with Crippen LogP contribution in [0.3, 0.4) is 0 Å². The van der Waals surface area contributed by atoms with Crippen LogP contribution in [0.5, 0.6) is 5.75 Å². The van der Waals surface area contributed by atoms with Gasteiger partial charge in [0.05, 0.1) is 23.9 Å². The number of nitrogens with two attached hydrogens (primary N) is 1. The van der Waals surface area contributed by atoms with E-state index in [2.05, 4.69) is 41.0 Å². The van der Waals surface area contributed by atoms with Crippen LogP contribution in [0.2, 0.25) is 0 Å². The lowest BCUT2D eigenvalue weighted by Crippen LogP contribution is -2.20. The van der Waals surface area contributed by atoms with Gasteiger partial charge in [-0.15, -0.1) is 11.3 Å². The number of nitrogens with zero attached hydrogens (tertiary/aromatic N) is 3. The van der Waals surface area contributed by atoms with Crippen LogP contribution in [-0.2, 0) is 13.0 Å². The number of aromatic nitrogens is 2. The van der Waals surface area contributed by atoms with Gasteiger partial charge < -0.3 is 15.4 Å². The van der Waals surface area contributed by atoms with Gasteiger partial charge >= 0.3 is 0 Å². The number of ether oxygens (including phenoxy) is 1. The number of hydrogen-bond acceptors (Lipinski definition) is 6. The summed E-state index contributed by atoms with van der Waals surface area (Å²) in [6.07, 6.45) is 4.17. The van der Waals surface area contributed by atoms with E-state index >= 15 is 0 Å². The van der Waals surface area contributed by atoms with Crippen molar-refractivity contribution in [3.63, 3.8) is 0 Å². The van der Waals surface area contributed by atoms with E-state index in [1.54, 1.807) is 30.7 Å². The second kappa shape index (κ2) is 8.95. The van der Waals surface area contributed by atoms with E-state index < -0.39 is 5.91 Å². The normalized spacial score (nSPS) is 11.0. The number of methoxy groups -OCH3 is 1. The molecule has 2 N–H and O–H groups in total. The van der Waals surface area contributed by atoms with Crippen LogP contribution in [0.1, 0.15) is 26.5 Å². The van der Waals surface area contributed by atoms with Gasteiger partial charge in [-0.05, 0) is 44.2 Å². The fourth-order valence-electron chi connectivity index (χ4n) is 3.05. The third kappa shape index (κ3) is 4.74. The van der Waals surface area contributed by atoms with Crippen LogP contribution in [0.25, 0.3) is 11.1 Å². The molecule has 28 heavy (non-hydrogen) atoms. The van der Waals surface area contributed by atoms with Gasteiger partial charge in [-0.3, -0.25) is 9.78 Å². The van der Waals surface area contributed by atoms with Crippen molar-refractivity contribution < 1.29 is 9.53 Å². The maximum atomic E-state index is 11.5. The third-order valence-corrected chi connectivity index (χ3v) is 5.61. The van der Waals surface area contributed by atoms with Crippen LogP contribution in [0, 0.1) is 6.92 Å². The summed E-state index contributed by atoms with van der Waals surface area (Å²) in [6, 6.07) is 7.83. The SMILES string of the molecule is COc1ccc(CN(C)CCc2scnc2C)cc1-c1cncc(C(N)=O)c1. The van der Waals surface area contributed by atoms with Gasteiger partial charge in [-0.2, -0.15) is 0 Å². The quantitative estimate of drug-likeness (QED) is 0.632. The molecule has 0 bridgehead atoms. The molecule has 0 spiro atoms. The van der Waals surface area contributed by atoms with Crippen molar-refractivity contribution >= 4 is 17.2 Å². The van der Waals surface area contributed by atoms with Crippen LogP contribution in [-0.4, -0.2) is 41.5 Å². The summed E-state index contributed by atoms with van der Waals surface area (Å²) < 4.78 is 5.51. The minimum Gasteiger partial charge on any atom is -0.496 e. The first kappa shape index (κ1) is 20.0. The maximum Gasteiger partial charge on any atom is 0.250 e. The molecule has 2 heterocycles. The second-order valence-electron chi connectivity index (χ2n) is 6.71. The summed E-state index contributed by atoms with van der Waals surface area (Å²) in [6.45, 7) is 3.80. The van der Waals surface area contributed by atoms with E-state index in [0.29, 0.717) is 5.56 Å². The predicted molar refractivity (Wildman–Crippen MR) is 112 cm³/mol. The highest BCUT2D eigenvalue weighted by molar-refractivity contribution is 7.09. The minimum atomic E-state index is -0.498. The molecule has 0 fully saturated rings. The molecule has 0 unspecified atom stereocenters. The summed E-state index contributed by atoms with van der Waals surface area (Å²) in [5, 5.41) is 0. The van der Waals surface area contributed by atoms with Crippen molar-refractivity contribution in [3.8, 4) is 16.9 Å². The van der Waals surface area contributed by atoms with Crippen LogP contribution < -0.4 is 10.5 Å². The number of aryl methyl sites for hydroxylation is 1. The number of amides is 1. The van der Waals surface area contributed by atoms with E-state index in [1.807, 2.05) is 11.6 Å². The molecule has 0 aliphatic rings. The highest BCUT2D eigenvalue weighted by Crippen LogP contribution is 2.31. The average molecular weight is 397 g/mol. The number of likely N-dealkylation sites (N-methyl/N-ethyl adjacent to an activating group) is 1. The molecular formula is C21H24N4O2S. The molecule has 0 radical (unpaired) electrons. The average Bonchev–Trinajstić information content (AvgIpc) is 3.11. The van der Waals surface area contributed by atoms with Crippen molar-refractivity contribution in [2.75, 3.05) is 20.7 Å². The smallest absolute Gasteiger partial charge is 0.250 e. The first-order chi connectivity index (χ1) is 13.5. The lowest BCUT2D eigenvalue weighted by atomic mass is 10.0. The number of primary amides is 1. The Balaban J connectivity index is 1.78. The van der Waals surface area contributed by atoms with Gasteiger partial charge in [0, 0.05) is 41.5 Å². The van der Waals surface area contributed by atoms with E-state index in [4.69, 9.17) is 10.5 Å². The van der Waals surface area contributed by atoms with Gasteiger partial charge in [-0.1, -0.05) is 6.07 Å². The van der Waals surface area contributed by atoms with Gasteiger partial charge in [0.15, 0.2) is 0 Å². The monoisotopic (exact) mass is 396 g/mol. The number of hydrogen-bond donors (Lipinski definition) is 1. The van der Waals surface area contributed by atoms with E-state index in [0.717, 1.165) is 47.6 Å². The Kier molecular flexibility index (Phi) is 6.38. The molecule has 0 aliphatic heterocycles. The van der Waals surface area contributed by atoms with E-state index in [1.165, 1.54) is 11.1 Å². The summed E-state index contributed by atoms with van der Waals surface area (Å²) >= 11 is 1.71. The fraction of sp³-hybridized carbons (Fsp3) is 0.286. The van der Waals surface area contributed by atoms with Crippen molar-refractivity contribution in [2.45, 2.75) is 19.9 Å². The van der Waals surface area contributed by atoms with Gasteiger partial charge in [0.25, 0.3) is 0 Å². The number of thiazole rings is 1. The highest BCUT2D eigenvalue weighted by Gasteiger charge is 2.12. The van der Waals surface area contributed by atoms with Gasteiger partial charge in [-0.25, -0.2) is 4.98 Å². The molecule has 0 saturated carbocycles. The third-order valence-electron chi connectivity index (χ3n) is 4.62. The Labute approximate surface area is 169 Å². The van der Waals surface area contributed by atoms with Crippen molar-refractivity contribution in [1.82, 2.24) is 14.9 Å². The molecule has 3 aromatic rings. The number of carbonyl (C=O) groups excluding carboxylic acids is 1. The number of benzene rings is 1. The summed E-state index contributed by atoms with van der Waals surface area (Å²) in [5.41, 5.74) is 11.6. The van der Waals surface area contributed by atoms with Crippen molar-refractivity contribution in [3.05, 3.63) is 63.9 Å². The summed E-state index contributed by atoms with van der Waals surface area (Å²) in [4.78, 5) is 23.5. The lowest BCUT2D eigenvalue weighted by molar-refractivity contribution is 0.1000. The molecule has 0 aliphatic carbocycles. The zero-order valence-corrected chi connectivity index (χ0v) is 17.1. The van der Waals surface area contributed by atoms with Crippen LogP contribution in [0.15, 0.2) is 42.2 Å². The minimum absolute atomic E-state index is 0.377. The fourth-order valence-corrected chi connectivity index (χ4v) is 3.82. The molecule has 0 saturated heterocycles. The molecular weight excluding hydrogens is 372 g/mol. The van der Waals surface area contributed by atoms with Crippen molar-refractivity contribution in [1.29, 1.82) is 0 Å². The van der Waals surface area contributed by atoms with Gasteiger partial charge in [0.2, 0.25) is 5.91 Å². The topological polar surface area (TPSA) is 81.3 Å². The number of pyridine rings is 1. The highest BCUT2D eigenvalue weighted by atomic mass is 32.1. The largest absolute Gasteiger partial charge is 0.496 e. The molecule has 2 aromatic heterocycles. The number of rotatable bonds is 8.